The average molecular weight is 316 g/mol. The summed E-state index contributed by atoms with van der Waals surface area (Å²) in [6.07, 6.45) is 6.22. The summed E-state index contributed by atoms with van der Waals surface area (Å²) in [6, 6.07) is 8.57. The summed E-state index contributed by atoms with van der Waals surface area (Å²) in [5.41, 5.74) is 2.90. The molecule has 1 saturated carbocycles. The molecule has 0 aliphatic heterocycles. The first-order chi connectivity index (χ1) is 11.1. The lowest BCUT2D eigenvalue weighted by atomic mass is 9.60. The van der Waals surface area contributed by atoms with Crippen LogP contribution >= 0.6 is 0 Å². The number of nitrogens with one attached hydrogen (secondary N) is 2. The molecular formula is C19H28N2O2. The predicted molar refractivity (Wildman–Crippen MR) is 91.3 cm³/mol. The summed E-state index contributed by atoms with van der Waals surface area (Å²) in [7, 11) is 0. The lowest BCUT2D eigenvalue weighted by Gasteiger charge is -2.47. The number of rotatable bonds is 6. The minimum absolute atomic E-state index is 0.0507. The van der Waals surface area contributed by atoms with Crippen molar-refractivity contribution in [1.29, 1.82) is 0 Å². The van der Waals surface area contributed by atoms with E-state index in [9.17, 15) is 9.90 Å². The summed E-state index contributed by atoms with van der Waals surface area (Å²) in [4.78, 5) is 12.2. The SMILES string of the molecule is CC(CCO)C1(CNC(=O)NC2Cc3ccccc3C2)CCC1. The summed E-state index contributed by atoms with van der Waals surface area (Å²) in [5, 5.41) is 15.4. The second-order valence-corrected chi connectivity index (χ2v) is 7.33. The van der Waals surface area contributed by atoms with Crippen LogP contribution in [0.25, 0.3) is 0 Å². The summed E-state index contributed by atoms with van der Waals surface area (Å²) >= 11 is 0. The lowest BCUT2D eigenvalue weighted by Crippen LogP contribution is -2.50. The van der Waals surface area contributed by atoms with Crippen molar-refractivity contribution in [3.8, 4) is 0 Å². The molecule has 1 unspecified atom stereocenters. The van der Waals surface area contributed by atoms with Crippen molar-refractivity contribution in [3.63, 3.8) is 0 Å². The molecule has 0 spiro atoms. The number of aliphatic hydroxyl groups excluding tert-OH is 1. The van der Waals surface area contributed by atoms with Gasteiger partial charge in [0.25, 0.3) is 0 Å². The van der Waals surface area contributed by atoms with Gasteiger partial charge in [0.2, 0.25) is 0 Å². The Balaban J connectivity index is 1.47. The number of benzene rings is 1. The Morgan fingerprint density at radius 3 is 2.48 bits per heavy atom. The first-order valence-corrected chi connectivity index (χ1v) is 8.85. The van der Waals surface area contributed by atoms with Crippen LogP contribution in [-0.2, 0) is 12.8 Å². The van der Waals surface area contributed by atoms with Gasteiger partial charge in [0, 0.05) is 19.2 Å². The van der Waals surface area contributed by atoms with Crippen LogP contribution in [-0.4, -0.2) is 30.3 Å². The Bertz CT molecular complexity index is 529. The fourth-order valence-electron chi connectivity index (χ4n) is 4.13. The van der Waals surface area contributed by atoms with E-state index < -0.39 is 0 Å². The second-order valence-electron chi connectivity index (χ2n) is 7.33. The maximum absolute atomic E-state index is 12.2. The maximum atomic E-state index is 12.2. The Labute approximate surface area is 138 Å². The molecule has 0 radical (unpaired) electrons. The Morgan fingerprint density at radius 1 is 1.30 bits per heavy atom. The van der Waals surface area contributed by atoms with Gasteiger partial charge >= 0.3 is 6.03 Å². The number of carbonyl (C=O) groups is 1. The van der Waals surface area contributed by atoms with Crippen molar-refractivity contribution in [2.75, 3.05) is 13.2 Å². The molecule has 3 rings (SSSR count). The molecule has 3 N–H and O–H groups in total. The third-order valence-electron chi connectivity index (χ3n) is 5.94. The lowest BCUT2D eigenvalue weighted by molar-refractivity contribution is 0.0456. The quantitative estimate of drug-likeness (QED) is 0.755. The molecule has 2 aliphatic carbocycles. The van der Waals surface area contributed by atoms with E-state index in [2.05, 4.69) is 41.8 Å². The highest BCUT2D eigenvalue weighted by atomic mass is 16.3. The van der Waals surface area contributed by atoms with Crippen LogP contribution in [0.5, 0.6) is 0 Å². The van der Waals surface area contributed by atoms with Crippen molar-refractivity contribution in [2.24, 2.45) is 11.3 Å². The van der Waals surface area contributed by atoms with Gasteiger partial charge in [-0.1, -0.05) is 37.6 Å². The van der Waals surface area contributed by atoms with Crippen LogP contribution in [0.15, 0.2) is 24.3 Å². The van der Waals surface area contributed by atoms with E-state index in [4.69, 9.17) is 0 Å². The molecule has 1 aromatic rings. The zero-order chi connectivity index (χ0) is 16.3. The number of urea groups is 1. The molecule has 0 heterocycles. The fourth-order valence-corrected chi connectivity index (χ4v) is 4.13. The number of amides is 2. The van der Waals surface area contributed by atoms with E-state index in [0.29, 0.717) is 5.92 Å². The van der Waals surface area contributed by atoms with Gasteiger partial charge in [0.1, 0.15) is 0 Å². The van der Waals surface area contributed by atoms with E-state index in [1.165, 1.54) is 17.5 Å². The number of hydrogen-bond acceptors (Lipinski definition) is 2. The van der Waals surface area contributed by atoms with Gasteiger partial charge in [-0.3, -0.25) is 0 Å². The standard InChI is InChI=1S/C19H28N2O2/c1-14(7-10-22)19(8-4-9-19)13-20-18(23)21-17-11-15-5-2-3-6-16(15)12-17/h2-3,5-6,14,17,22H,4,7-13H2,1H3,(H2,20,21,23). The van der Waals surface area contributed by atoms with E-state index in [-0.39, 0.29) is 24.1 Å². The second kappa shape index (κ2) is 6.91. The fraction of sp³-hybridized carbons (Fsp3) is 0.632. The Morgan fingerprint density at radius 2 is 1.96 bits per heavy atom. The van der Waals surface area contributed by atoms with Crippen molar-refractivity contribution in [2.45, 2.75) is 51.5 Å². The minimum atomic E-state index is -0.0507. The minimum Gasteiger partial charge on any atom is -0.396 e. The van der Waals surface area contributed by atoms with Crippen LogP contribution < -0.4 is 10.6 Å². The van der Waals surface area contributed by atoms with Crippen molar-refractivity contribution in [1.82, 2.24) is 10.6 Å². The highest BCUT2D eigenvalue weighted by molar-refractivity contribution is 5.74. The van der Waals surface area contributed by atoms with Crippen LogP contribution in [0.1, 0.15) is 43.7 Å². The molecule has 0 bridgehead atoms. The van der Waals surface area contributed by atoms with Gasteiger partial charge in [-0.2, -0.15) is 0 Å². The van der Waals surface area contributed by atoms with Gasteiger partial charge in [-0.15, -0.1) is 0 Å². The molecule has 2 amide bonds. The molecule has 0 saturated heterocycles. The van der Waals surface area contributed by atoms with Gasteiger partial charge in [-0.05, 0) is 54.6 Å². The molecule has 4 heteroatoms. The molecule has 23 heavy (non-hydrogen) atoms. The van der Waals surface area contributed by atoms with E-state index in [1.54, 1.807) is 0 Å². The zero-order valence-corrected chi connectivity index (χ0v) is 14.0. The Hall–Kier alpha value is -1.55. The van der Waals surface area contributed by atoms with Crippen molar-refractivity contribution in [3.05, 3.63) is 35.4 Å². The topological polar surface area (TPSA) is 61.4 Å². The van der Waals surface area contributed by atoms with Crippen molar-refractivity contribution >= 4 is 6.03 Å². The van der Waals surface area contributed by atoms with Crippen LogP contribution in [0.2, 0.25) is 0 Å². The first-order valence-electron chi connectivity index (χ1n) is 8.85. The maximum Gasteiger partial charge on any atom is 0.315 e. The van der Waals surface area contributed by atoms with Crippen LogP contribution in [0.4, 0.5) is 4.79 Å². The molecule has 1 aromatic carbocycles. The normalized spacial score (nSPS) is 20.4. The van der Waals surface area contributed by atoms with Crippen LogP contribution in [0, 0.1) is 11.3 Å². The Kier molecular flexibility index (Phi) is 4.90. The molecule has 126 valence electrons. The van der Waals surface area contributed by atoms with Crippen LogP contribution in [0.3, 0.4) is 0 Å². The van der Waals surface area contributed by atoms with E-state index in [1.807, 2.05) is 0 Å². The summed E-state index contributed by atoms with van der Waals surface area (Å²) < 4.78 is 0. The molecule has 2 aliphatic rings. The van der Waals surface area contributed by atoms with E-state index in [0.717, 1.165) is 38.6 Å². The predicted octanol–water partition coefficient (Wildman–Crippen LogP) is 2.64. The summed E-state index contributed by atoms with van der Waals surface area (Å²) in [6.45, 7) is 3.15. The van der Waals surface area contributed by atoms with Gasteiger partial charge in [0.05, 0.1) is 0 Å². The summed E-state index contributed by atoms with van der Waals surface area (Å²) in [5.74, 6) is 0.456. The number of carbonyl (C=O) groups excluding carboxylic acids is 1. The number of fused-ring (bicyclic) bond motifs is 1. The number of aliphatic hydroxyl groups is 1. The van der Waals surface area contributed by atoms with Gasteiger partial charge in [-0.25, -0.2) is 4.79 Å². The van der Waals surface area contributed by atoms with Gasteiger partial charge < -0.3 is 15.7 Å². The first kappa shape index (κ1) is 16.3. The highest BCUT2D eigenvalue weighted by Crippen LogP contribution is 2.47. The highest BCUT2D eigenvalue weighted by Gasteiger charge is 2.41. The van der Waals surface area contributed by atoms with Gasteiger partial charge in [0.15, 0.2) is 0 Å². The average Bonchev–Trinajstić information content (AvgIpc) is 2.88. The molecule has 0 aromatic heterocycles. The molecule has 4 nitrogen and oxygen atoms in total. The number of hydrogen-bond donors (Lipinski definition) is 3. The monoisotopic (exact) mass is 316 g/mol. The third-order valence-corrected chi connectivity index (χ3v) is 5.94. The zero-order valence-electron chi connectivity index (χ0n) is 14.0. The smallest absolute Gasteiger partial charge is 0.315 e. The van der Waals surface area contributed by atoms with Crippen molar-refractivity contribution < 1.29 is 9.90 Å². The molecular weight excluding hydrogens is 288 g/mol. The molecule has 1 fully saturated rings. The third kappa shape index (κ3) is 3.52. The van der Waals surface area contributed by atoms with E-state index >= 15 is 0 Å². The largest absolute Gasteiger partial charge is 0.396 e. The molecule has 1 atom stereocenters.